The van der Waals surface area contributed by atoms with E-state index in [1.807, 2.05) is 0 Å². The molecule has 0 spiro atoms. The van der Waals surface area contributed by atoms with Crippen molar-refractivity contribution in [2.75, 3.05) is 9.80 Å². The summed E-state index contributed by atoms with van der Waals surface area (Å²) < 4.78 is 0. The Balaban J connectivity index is 1.31. The van der Waals surface area contributed by atoms with Crippen LogP contribution in [-0.4, -0.2) is 0 Å². The fraction of sp³-hybridized carbons (Fsp3) is 0.105. The van der Waals surface area contributed by atoms with Gasteiger partial charge in [0.05, 0.1) is 0 Å². The van der Waals surface area contributed by atoms with Crippen molar-refractivity contribution < 1.29 is 0 Å². The molecule has 5 aromatic carbocycles. The van der Waals surface area contributed by atoms with Crippen molar-refractivity contribution in [3.05, 3.63) is 163 Å². The Kier molecular flexibility index (Phi) is 7.32. The van der Waals surface area contributed by atoms with E-state index < -0.39 is 0 Å². The molecular weight excluding hydrogens is 484 g/mol. The van der Waals surface area contributed by atoms with E-state index in [2.05, 4.69) is 175 Å². The highest BCUT2D eigenvalue weighted by Gasteiger charge is 2.17. The highest BCUT2D eigenvalue weighted by Crippen LogP contribution is 2.37. The van der Waals surface area contributed by atoms with E-state index in [0.717, 1.165) is 29.2 Å². The Bertz CT molecular complexity index is 1620. The van der Waals surface area contributed by atoms with Gasteiger partial charge in [-0.1, -0.05) is 91.9 Å². The lowest BCUT2D eigenvalue weighted by Crippen LogP contribution is -2.17. The number of anilines is 5. The zero-order chi connectivity index (χ0) is 27.3. The smallest absolute Gasteiger partial charge is 0.0464 e. The molecule has 1 atom stereocenters. The van der Waals surface area contributed by atoms with Gasteiger partial charge >= 0.3 is 0 Å². The summed E-state index contributed by atoms with van der Waals surface area (Å²) in [6.45, 7) is 4.41. The van der Waals surface area contributed by atoms with Crippen LogP contribution in [-0.2, 0) is 0 Å². The number of nitrogens with zero attached hydrogens (tertiary/aromatic N) is 2. The van der Waals surface area contributed by atoms with Crippen LogP contribution >= 0.6 is 0 Å². The second-order valence-corrected chi connectivity index (χ2v) is 10.5. The minimum absolute atomic E-state index is 0.527. The van der Waals surface area contributed by atoms with Crippen molar-refractivity contribution in [2.45, 2.75) is 20.3 Å². The number of hydrogen-bond acceptors (Lipinski definition) is 2. The van der Waals surface area contributed by atoms with Gasteiger partial charge in [-0.05, 0) is 103 Å². The SMILES string of the molecule is Cc1cccc(N(c2ccccc2)c2ccc(-c3ccc(N(C4=CC(C)CC=C4)c4ccccc4)cc3)cc2)c1. The second kappa shape index (κ2) is 11.5. The molecule has 6 rings (SSSR count). The maximum absolute atomic E-state index is 2.37. The predicted octanol–water partition coefficient (Wildman–Crippen LogP) is 10.7. The lowest BCUT2D eigenvalue weighted by molar-refractivity contribution is 0.726. The van der Waals surface area contributed by atoms with Gasteiger partial charge in [0, 0.05) is 34.1 Å². The molecule has 0 saturated carbocycles. The molecular formula is C38H34N2. The summed E-state index contributed by atoms with van der Waals surface area (Å²) in [5, 5.41) is 0. The van der Waals surface area contributed by atoms with Crippen molar-refractivity contribution in [1.29, 1.82) is 0 Å². The topological polar surface area (TPSA) is 6.48 Å². The van der Waals surface area contributed by atoms with Crippen molar-refractivity contribution in [2.24, 2.45) is 5.92 Å². The summed E-state index contributed by atoms with van der Waals surface area (Å²) in [5.41, 5.74) is 10.6. The molecule has 0 amide bonds. The highest BCUT2D eigenvalue weighted by molar-refractivity contribution is 5.79. The first-order valence-electron chi connectivity index (χ1n) is 14.0. The molecule has 0 aliphatic heterocycles. The molecule has 5 aromatic rings. The quantitative estimate of drug-likeness (QED) is 0.211. The van der Waals surface area contributed by atoms with Gasteiger partial charge in [-0.3, -0.25) is 0 Å². The fourth-order valence-corrected chi connectivity index (χ4v) is 5.39. The van der Waals surface area contributed by atoms with Crippen molar-refractivity contribution >= 4 is 28.4 Å². The molecule has 0 radical (unpaired) electrons. The van der Waals surface area contributed by atoms with Crippen molar-refractivity contribution in [3.63, 3.8) is 0 Å². The molecule has 40 heavy (non-hydrogen) atoms. The Morgan fingerprint density at radius 3 is 1.57 bits per heavy atom. The molecule has 0 bridgehead atoms. The van der Waals surface area contributed by atoms with Crippen LogP contribution in [0.4, 0.5) is 28.4 Å². The van der Waals surface area contributed by atoms with Gasteiger partial charge in [0.25, 0.3) is 0 Å². The van der Waals surface area contributed by atoms with Crippen molar-refractivity contribution in [1.82, 2.24) is 0 Å². The summed E-state index contributed by atoms with van der Waals surface area (Å²) in [7, 11) is 0. The molecule has 0 N–H and O–H groups in total. The standard InChI is InChI=1S/C38H34N2/c1-29-11-9-17-37(27-29)39(33-13-5-3-6-14-33)35-23-19-31(20-24-35)32-21-25-36(26-22-32)40(34-15-7-4-8-16-34)38-18-10-12-30(2)28-38/h3-11,13-28,30H,12H2,1-2H3. The van der Waals surface area contributed by atoms with Gasteiger partial charge in [0.15, 0.2) is 0 Å². The van der Waals surface area contributed by atoms with E-state index in [4.69, 9.17) is 0 Å². The van der Waals surface area contributed by atoms with Crippen LogP contribution in [0, 0.1) is 12.8 Å². The highest BCUT2D eigenvalue weighted by atomic mass is 15.1. The minimum Gasteiger partial charge on any atom is -0.311 e. The zero-order valence-corrected chi connectivity index (χ0v) is 23.1. The first kappa shape index (κ1) is 25.5. The van der Waals surface area contributed by atoms with Gasteiger partial charge < -0.3 is 9.80 Å². The van der Waals surface area contributed by atoms with Crippen LogP contribution in [0.3, 0.4) is 0 Å². The average molecular weight is 519 g/mol. The molecule has 2 nitrogen and oxygen atoms in total. The van der Waals surface area contributed by atoms with Gasteiger partial charge in [-0.2, -0.15) is 0 Å². The zero-order valence-electron chi connectivity index (χ0n) is 23.1. The molecule has 1 aliphatic carbocycles. The van der Waals surface area contributed by atoms with Gasteiger partial charge in [-0.15, -0.1) is 0 Å². The minimum atomic E-state index is 0.527. The Morgan fingerprint density at radius 2 is 1.02 bits per heavy atom. The Labute approximate surface area is 238 Å². The number of aryl methyl sites for hydroxylation is 1. The van der Waals surface area contributed by atoms with Crippen LogP contribution in [0.2, 0.25) is 0 Å². The van der Waals surface area contributed by atoms with Gasteiger partial charge in [-0.25, -0.2) is 0 Å². The summed E-state index contributed by atoms with van der Waals surface area (Å²) in [6.07, 6.45) is 7.98. The van der Waals surface area contributed by atoms with E-state index in [1.54, 1.807) is 0 Å². The summed E-state index contributed by atoms with van der Waals surface area (Å²) in [6, 6.07) is 47.6. The van der Waals surface area contributed by atoms with E-state index >= 15 is 0 Å². The van der Waals surface area contributed by atoms with E-state index in [1.165, 1.54) is 28.1 Å². The van der Waals surface area contributed by atoms with Crippen LogP contribution < -0.4 is 9.80 Å². The third-order valence-corrected chi connectivity index (χ3v) is 7.38. The third kappa shape index (κ3) is 5.48. The maximum Gasteiger partial charge on any atom is 0.0464 e. The summed E-state index contributed by atoms with van der Waals surface area (Å²) in [5.74, 6) is 0.527. The predicted molar refractivity (Wildman–Crippen MR) is 171 cm³/mol. The molecule has 0 heterocycles. The molecule has 196 valence electrons. The van der Waals surface area contributed by atoms with E-state index in [0.29, 0.717) is 5.92 Å². The largest absolute Gasteiger partial charge is 0.311 e. The van der Waals surface area contributed by atoms with Gasteiger partial charge in [0.1, 0.15) is 0 Å². The summed E-state index contributed by atoms with van der Waals surface area (Å²) >= 11 is 0. The van der Waals surface area contributed by atoms with Crippen LogP contribution in [0.25, 0.3) is 11.1 Å². The summed E-state index contributed by atoms with van der Waals surface area (Å²) in [4.78, 5) is 4.66. The van der Waals surface area contributed by atoms with Crippen LogP contribution in [0.1, 0.15) is 18.9 Å². The number of para-hydroxylation sites is 2. The number of rotatable bonds is 7. The molecule has 0 saturated heterocycles. The fourth-order valence-electron chi connectivity index (χ4n) is 5.39. The number of hydrogen-bond donors (Lipinski definition) is 0. The molecule has 1 unspecified atom stereocenters. The molecule has 2 heteroatoms. The second-order valence-electron chi connectivity index (χ2n) is 10.5. The molecule has 1 aliphatic rings. The Hall–Kier alpha value is -4.82. The number of benzene rings is 5. The van der Waals surface area contributed by atoms with Crippen LogP contribution in [0.15, 0.2) is 157 Å². The third-order valence-electron chi connectivity index (χ3n) is 7.38. The van der Waals surface area contributed by atoms with E-state index in [9.17, 15) is 0 Å². The molecule has 0 aromatic heterocycles. The lowest BCUT2D eigenvalue weighted by atomic mass is 9.99. The first-order chi connectivity index (χ1) is 19.7. The normalized spacial score (nSPS) is 14.4. The van der Waals surface area contributed by atoms with Crippen LogP contribution in [0.5, 0.6) is 0 Å². The monoisotopic (exact) mass is 518 g/mol. The molecule has 0 fully saturated rings. The number of allylic oxidation sites excluding steroid dienone is 3. The van der Waals surface area contributed by atoms with Gasteiger partial charge in [0.2, 0.25) is 0 Å². The lowest BCUT2D eigenvalue weighted by Gasteiger charge is -2.29. The first-order valence-corrected chi connectivity index (χ1v) is 14.0. The Morgan fingerprint density at radius 1 is 0.525 bits per heavy atom. The van der Waals surface area contributed by atoms with E-state index in [-0.39, 0.29) is 0 Å². The van der Waals surface area contributed by atoms with Crippen molar-refractivity contribution in [3.8, 4) is 11.1 Å². The average Bonchev–Trinajstić information content (AvgIpc) is 3.00. The maximum atomic E-state index is 2.37.